The summed E-state index contributed by atoms with van der Waals surface area (Å²) in [6.45, 7) is 14.6. The SMILES string of the molecule is CCC([Si](C)(C)OCC(C)(C)C)S(C)(C)[Si]. The standard InChI is InChI=1S/C12H29OSSi2/c1-9-11(14(5,6)15)16(7,8)13-10-12(2,3)4/h11H,9-10H2,1-8H3. The molecule has 0 aromatic carbocycles. The quantitative estimate of drug-likeness (QED) is 0.696. The van der Waals surface area contributed by atoms with Gasteiger partial charge in [0.25, 0.3) is 0 Å². The molecule has 0 heterocycles. The van der Waals surface area contributed by atoms with Crippen LogP contribution < -0.4 is 0 Å². The van der Waals surface area contributed by atoms with Crippen molar-refractivity contribution in [2.24, 2.45) is 5.41 Å². The van der Waals surface area contributed by atoms with Crippen LogP contribution in [0.15, 0.2) is 0 Å². The van der Waals surface area contributed by atoms with E-state index in [-0.39, 0.29) is 5.41 Å². The molecule has 0 aliphatic carbocycles. The first-order valence-corrected chi connectivity index (χ1v) is 12.7. The molecule has 0 amide bonds. The Bertz CT molecular complexity index is 216. The first kappa shape index (κ1) is 16.7. The maximum Gasteiger partial charge on any atom is 0.197 e. The van der Waals surface area contributed by atoms with Gasteiger partial charge >= 0.3 is 0 Å². The third-order valence-corrected chi connectivity index (χ3v) is 12.4. The fourth-order valence-electron chi connectivity index (χ4n) is 2.11. The van der Waals surface area contributed by atoms with Gasteiger partial charge in [0.05, 0.1) is 9.39 Å². The average Bonchev–Trinajstić information content (AvgIpc) is 1.97. The van der Waals surface area contributed by atoms with Crippen molar-refractivity contribution in [2.75, 3.05) is 19.1 Å². The Balaban J connectivity index is 4.63. The van der Waals surface area contributed by atoms with Crippen molar-refractivity contribution in [1.29, 1.82) is 0 Å². The summed E-state index contributed by atoms with van der Waals surface area (Å²) >= 11 is 0. The van der Waals surface area contributed by atoms with E-state index in [1.165, 1.54) is 6.42 Å². The van der Waals surface area contributed by atoms with Crippen molar-refractivity contribution < 1.29 is 4.43 Å². The summed E-state index contributed by atoms with van der Waals surface area (Å²) in [6, 6.07) is 0. The maximum absolute atomic E-state index is 6.30. The van der Waals surface area contributed by atoms with Gasteiger partial charge in [0.1, 0.15) is 0 Å². The van der Waals surface area contributed by atoms with Gasteiger partial charge in [-0.05, 0) is 37.4 Å². The molecule has 0 aliphatic heterocycles. The Kier molecular flexibility index (Phi) is 5.85. The molecule has 0 rings (SSSR count). The van der Waals surface area contributed by atoms with Crippen LogP contribution >= 0.6 is 9.48 Å². The van der Waals surface area contributed by atoms with E-state index in [4.69, 9.17) is 4.43 Å². The minimum Gasteiger partial charge on any atom is -0.416 e. The van der Waals surface area contributed by atoms with Gasteiger partial charge in [0.15, 0.2) is 8.32 Å². The fraction of sp³-hybridized carbons (Fsp3) is 1.00. The lowest BCUT2D eigenvalue weighted by atomic mass is 9.99. The molecule has 1 unspecified atom stereocenters. The third-order valence-electron chi connectivity index (χ3n) is 2.73. The zero-order chi connectivity index (χ0) is 13.2. The van der Waals surface area contributed by atoms with E-state index in [2.05, 4.69) is 62.7 Å². The summed E-state index contributed by atoms with van der Waals surface area (Å²) in [6.07, 6.45) is 5.90. The normalized spacial score (nSPS) is 17.3. The lowest BCUT2D eigenvalue weighted by Crippen LogP contribution is -2.48. The van der Waals surface area contributed by atoms with E-state index in [9.17, 15) is 0 Å². The monoisotopic (exact) mass is 277 g/mol. The molecule has 0 aromatic rings. The van der Waals surface area contributed by atoms with Crippen LogP contribution in [0.2, 0.25) is 13.1 Å². The summed E-state index contributed by atoms with van der Waals surface area (Å²) in [4.78, 5) is 0.721. The highest BCUT2D eigenvalue weighted by Gasteiger charge is 2.38. The topological polar surface area (TPSA) is 9.23 Å². The number of hydrogen-bond donors (Lipinski definition) is 0. The molecule has 0 fully saturated rings. The molecular formula is C12H29OSSi2. The Morgan fingerprint density at radius 2 is 1.69 bits per heavy atom. The highest BCUT2D eigenvalue weighted by Crippen LogP contribution is 2.46. The fourth-order valence-corrected chi connectivity index (χ4v) is 13.9. The van der Waals surface area contributed by atoms with Crippen molar-refractivity contribution in [2.45, 2.75) is 52.1 Å². The van der Waals surface area contributed by atoms with E-state index >= 15 is 0 Å². The van der Waals surface area contributed by atoms with Gasteiger partial charge in [0.2, 0.25) is 0 Å². The largest absolute Gasteiger partial charge is 0.416 e. The van der Waals surface area contributed by atoms with Crippen molar-refractivity contribution in [1.82, 2.24) is 0 Å². The highest BCUT2D eigenvalue weighted by atomic mass is 32.4. The Morgan fingerprint density at radius 3 is 1.94 bits per heavy atom. The second kappa shape index (κ2) is 5.59. The minimum atomic E-state index is -1.59. The van der Waals surface area contributed by atoms with Crippen molar-refractivity contribution in [3.63, 3.8) is 0 Å². The molecule has 0 aliphatic rings. The van der Waals surface area contributed by atoms with Crippen molar-refractivity contribution >= 4 is 27.2 Å². The molecule has 4 heteroatoms. The summed E-state index contributed by atoms with van der Waals surface area (Å²) < 4.78 is 6.30. The number of rotatable bonds is 5. The van der Waals surface area contributed by atoms with E-state index in [1.807, 2.05) is 0 Å². The highest BCUT2D eigenvalue weighted by molar-refractivity contribution is 8.50. The van der Waals surface area contributed by atoms with Crippen LogP contribution in [0.1, 0.15) is 34.1 Å². The van der Waals surface area contributed by atoms with E-state index in [0.29, 0.717) is 0 Å². The molecular weight excluding hydrogens is 248 g/mol. The molecule has 0 N–H and O–H groups in total. The van der Waals surface area contributed by atoms with Crippen LogP contribution in [-0.4, -0.2) is 41.7 Å². The van der Waals surface area contributed by atoms with Crippen LogP contribution in [0.5, 0.6) is 0 Å². The van der Waals surface area contributed by atoms with E-state index in [0.717, 1.165) is 11.5 Å². The smallest absolute Gasteiger partial charge is 0.197 e. The third kappa shape index (κ3) is 5.89. The van der Waals surface area contributed by atoms with Crippen LogP contribution in [-0.2, 0) is 4.43 Å². The lowest BCUT2D eigenvalue weighted by molar-refractivity contribution is 0.188. The molecule has 0 saturated carbocycles. The molecule has 1 nitrogen and oxygen atoms in total. The van der Waals surface area contributed by atoms with Gasteiger partial charge in [-0.3, -0.25) is 9.48 Å². The van der Waals surface area contributed by atoms with Crippen LogP contribution in [0.3, 0.4) is 0 Å². The zero-order valence-corrected chi connectivity index (χ0v) is 15.1. The summed E-state index contributed by atoms with van der Waals surface area (Å²) in [5, 5.41) is 0. The van der Waals surface area contributed by atoms with Gasteiger partial charge in [-0.25, -0.2) is 0 Å². The molecule has 0 bridgehead atoms. The average molecular weight is 278 g/mol. The van der Waals surface area contributed by atoms with Crippen LogP contribution in [0.25, 0.3) is 0 Å². The zero-order valence-electron chi connectivity index (χ0n) is 12.3. The lowest BCUT2D eigenvalue weighted by Gasteiger charge is -2.45. The maximum atomic E-state index is 6.30. The Hall–Kier alpha value is 0.744. The Morgan fingerprint density at radius 1 is 1.25 bits per heavy atom. The number of hydrogen-bond acceptors (Lipinski definition) is 1. The van der Waals surface area contributed by atoms with Gasteiger partial charge in [0, 0.05) is 11.5 Å². The first-order valence-electron chi connectivity index (χ1n) is 6.01. The summed E-state index contributed by atoms with van der Waals surface area (Å²) in [5.74, 6) is 0. The molecule has 3 radical (unpaired) electrons. The first-order chi connectivity index (χ1) is 6.90. The molecule has 0 spiro atoms. The molecule has 16 heavy (non-hydrogen) atoms. The van der Waals surface area contributed by atoms with E-state index < -0.39 is 17.8 Å². The predicted molar refractivity (Wildman–Crippen MR) is 82.2 cm³/mol. The second-order valence-corrected chi connectivity index (χ2v) is 17.9. The molecule has 97 valence electrons. The predicted octanol–water partition coefficient (Wildman–Crippen LogP) is 3.72. The van der Waals surface area contributed by atoms with Crippen LogP contribution in [0, 0.1) is 5.41 Å². The minimum absolute atomic E-state index is 0.272. The molecule has 0 aromatic heterocycles. The molecule has 1 atom stereocenters. The van der Waals surface area contributed by atoms with Crippen molar-refractivity contribution in [3.8, 4) is 0 Å². The van der Waals surface area contributed by atoms with Gasteiger partial charge in [-0.1, -0.05) is 27.7 Å². The van der Waals surface area contributed by atoms with Gasteiger partial charge in [-0.15, -0.1) is 0 Å². The molecule has 0 saturated heterocycles. The van der Waals surface area contributed by atoms with Gasteiger partial charge < -0.3 is 4.43 Å². The summed E-state index contributed by atoms with van der Waals surface area (Å²) in [7, 11) is 1.67. The van der Waals surface area contributed by atoms with E-state index in [1.54, 1.807) is 0 Å². The van der Waals surface area contributed by atoms with Crippen molar-refractivity contribution in [3.05, 3.63) is 0 Å². The second-order valence-electron chi connectivity index (χ2n) is 6.76. The Labute approximate surface area is 108 Å². The van der Waals surface area contributed by atoms with Gasteiger partial charge in [-0.2, -0.15) is 0 Å². The van der Waals surface area contributed by atoms with Crippen LogP contribution in [0.4, 0.5) is 0 Å². The summed E-state index contributed by atoms with van der Waals surface area (Å²) in [5.41, 5.74) is 0.272.